The number of hydrogen-bond donors (Lipinski definition) is 5. The zero-order valence-corrected chi connectivity index (χ0v) is 18.2. The van der Waals surface area contributed by atoms with Crippen molar-refractivity contribution < 1.29 is 9.90 Å². The zero-order valence-electron chi connectivity index (χ0n) is 18.2. The highest BCUT2D eigenvalue weighted by atomic mass is 16.3. The van der Waals surface area contributed by atoms with Crippen molar-refractivity contribution in [1.29, 1.82) is 0 Å². The van der Waals surface area contributed by atoms with Crippen LogP contribution in [0.4, 0.5) is 11.6 Å². The molecule has 3 unspecified atom stereocenters. The normalized spacial score (nSPS) is 20.9. The van der Waals surface area contributed by atoms with Crippen LogP contribution >= 0.6 is 0 Å². The fourth-order valence-corrected chi connectivity index (χ4v) is 4.14. The Balaban J connectivity index is 1.75. The maximum atomic E-state index is 12.8. The smallest absolute Gasteiger partial charge is 0.255 e. The van der Waals surface area contributed by atoms with Crippen LogP contribution in [0.3, 0.4) is 0 Å². The minimum absolute atomic E-state index is 0.134. The Bertz CT molecular complexity index is 962. The van der Waals surface area contributed by atoms with E-state index >= 15 is 0 Å². The number of nitrogen functional groups attached to an aromatic ring is 1. The van der Waals surface area contributed by atoms with E-state index < -0.39 is 18.1 Å². The zero-order chi connectivity index (χ0) is 21.9. The summed E-state index contributed by atoms with van der Waals surface area (Å²) in [7, 11) is 0. The number of aromatic amines is 1. The molecule has 3 atom stereocenters. The van der Waals surface area contributed by atoms with Crippen LogP contribution in [-0.4, -0.2) is 39.7 Å². The molecule has 1 aromatic carbocycles. The van der Waals surface area contributed by atoms with Gasteiger partial charge in [0.05, 0.1) is 17.1 Å². The predicted molar refractivity (Wildman–Crippen MR) is 122 cm³/mol. The lowest BCUT2D eigenvalue weighted by atomic mass is 9.69. The lowest BCUT2D eigenvalue weighted by Crippen LogP contribution is -2.48. The van der Waals surface area contributed by atoms with Crippen molar-refractivity contribution in [2.75, 3.05) is 17.6 Å². The Morgan fingerprint density at radius 1 is 1.37 bits per heavy atom. The highest BCUT2D eigenvalue weighted by molar-refractivity contribution is 5.96. The van der Waals surface area contributed by atoms with Gasteiger partial charge in [0.2, 0.25) is 0 Å². The molecule has 0 bridgehead atoms. The second-order valence-electron chi connectivity index (χ2n) is 8.31. The molecule has 1 aliphatic rings. The van der Waals surface area contributed by atoms with Crippen LogP contribution in [0.1, 0.15) is 40.5 Å². The molecule has 2 aromatic rings. The molecule has 3 rings (SSSR count). The molecule has 7 heteroatoms. The number of hydrogen-bond acceptors (Lipinski definition) is 5. The van der Waals surface area contributed by atoms with E-state index in [1.54, 1.807) is 18.2 Å². The Hall–Kier alpha value is -2.64. The summed E-state index contributed by atoms with van der Waals surface area (Å²) < 4.78 is 0. The van der Waals surface area contributed by atoms with Crippen molar-refractivity contribution in [1.82, 2.24) is 15.3 Å². The molecule has 1 amide bonds. The van der Waals surface area contributed by atoms with E-state index in [4.69, 9.17) is 5.73 Å². The van der Waals surface area contributed by atoms with Gasteiger partial charge in [-0.2, -0.15) is 0 Å². The quantitative estimate of drug-likeness (QED) is 0.457. The maximum Gasteiger partial charge on any atom is 0.255 e. The summed E-state index contributed by atoms with van der Waals surface area (Å²) in [4.78, 5) is 19.9. The van der Waals surface area contributed by atoms with E-state index in [0.29, 0.717) is 24.1 Å². The van der Waals surface area contributed by atoms with E-state index in [0.717, 1.165) is 29.4 Å². The molecule has 0 aliphatic heterocycles. The van der Waals surface area contributed by atoms with Crippen LogP contribution in [0.25, 0.3) is 11.0 Å². The van der Waals surface area contributed by atoms with E-state index in [1.165, 1.54) is 0 Å². The molecule has 0 spiro atoms. The van der Waals surface area contributed by atoms with Gasteiger partial charge in [-0.3, -0.25) is 4.79 Å². The third kappa shape index (κ3) is 4.42. The molecule has 0 saturated heterocycles. The van der Waals surface area contributed by atoms with Crippen molar-refractivity contribution in [2.24, 2.45) is 11.3 Å². The number of aliphatic hydroxyl groups excluding tert-OH is 1. The predicted octanol–water partition coefficient (Wildman–Crippen LogP) is 3.36. The van der Waals surface area contributed by atoms with Crippen LogP contribution < -0.4 is 16.4 Å². The van der Waals surface area contributed by atoms with Gasteiger partial charge in [0, 0.05) is 5.69 Å². The number of rotatable bonds is 8. The van der Waals surface area contributed by atoms with Gasteiger partial charge in [-0.1, -0.05) is 45.9 Å². The third-order valence-electron chi connectivity index (χ3n) is 6.27. The standard InChI is InChI=1S/C23H33N5O2/c1-5-23(14(3)4)11-9-15(10-12-23)19(25-6-2)20(29)21(30)26-16-7-8-17-18(13-16)28-22(24)27-17/h7-11,13-14,19-20,25,29H,5-6,12H2,1-4H3,(H,26,30)(H3,24,27,28). The topological polar surface area (TPSA) is 116 Å². The van der Waals surface area contributed by atoms with Crippen molar-refractivity contribution in [3.05, 3.63) is 42.0 Å². The fraction of sp³-hybridized carbons (Fsp3) is 0.478. The van der Waals surface area contributed by atoms with Gasteiger partial charge in [-0.15, -0.1) is 0 Å². The number of nitrogens with two attached hydrogens (primary N) is 1. The monoisotopic (exact) mass is 411 g/mol. The number of carbonyl (C=O) groups is 1. The molecule has 0 radical (unpaired) electrons. The molecule has 6 N–H and O–H groups in total. The summed E-state index contributed by atoms with van der Waals surface area (Å²) in [6.45, 7) is 9.29. The molecular weight excluding hydrogens is 378 g/mol. The average Bonchev–Trinajstić information content (AvgIpc) is 3.10. The molecule has 0 fully saturated rings. The number of likely N-dealkylation sites (N-methyl/N-ethyl adjacent to an activating group) is 1. The Labute approximate surface area is 177 Å². The van der Waals surface area contributed by atoms with Gasteiger partial charge in [0.15, 0.2) is 12.1 Å². The van der Waals surface area contributed by atoms with Crippen LogP contribution in [0.5, 0.6) is 0 Å². The summed E-state index contributed by atoms with van der Waals surface area (Å²) in [6.07, 6.45) is 7.21. The van der Waals surface area contributed by atoms with Crippen LogP contribution in [0.15, 0.2) is 42.0 Å². The number of carbonyl (C=O) groups excluding carboxylic acids is 1. The largest absolute Gasteiger partial charge is 0.381 e. The molecule has 7 nitrogen and oxygen atoms in total. The van der Waals surface area contributed by atoms with Gasteiger partial charge in [-0.25, -0.2) is 4.98 Å². The lowest BCUT2D eigenvalue weighted by Gasteiger charge is -2.37. The molecule has 1 aromatic heterocycles. The van der Waals surface area contributed by atoms with Gasteiger partial charge in [0.1, 0.15) is 0 Å². The number of amides is 1. The SMILES string of the molecule is CCNC(C1=CCC(CC)(C(C)C)C=C1)C(O)C(=O)Nc1ccc2nc(N)[nH]c2c1. The number of aliphatic hydroxyl groups is 1. The summed E-state index contributed by atoms with van der Waals surface area (Å²) >= 11 is 0. The number of H-pyrrole nitrogens is 1. The second-order valence-corrected chi connectivity index (χ2v) is 8.31. The number of nitrogens with one attached hydrogen (secondary N) is 3. The number of nitrogens with zero attached hydrogens (tertiary/aromatic N) is 1. The maximum absolute atomic E-state index is 12.8. The van der Waals surface area contributed by atoms with Gasteiger partial charge < -0.3 is 26.5 Å². The number of allylic oxidation sites excluding steroid dienone is 2. The van der Waals surface area contributed by atoms with E-state index in [-0.39, 0.29) is 5.41 Å². The lowest BCUT2D eigenvalue weighted by molar-refractivity contribution is -0.124. The Morgan fingerprint density at radius 3 is 2.73 bits per heavy atom. The first-order valence-corrected chi connectivity index (χ1v) is 10.7. The van der Waals surface area contributed by atoms with E-state index in [2.05, 4.69) is 59.6 Å². The number of imidazole rings is 1. The minimum atomic E-state index is -1.23. The molecule has 0 saturated carbocycles. The highest BCUT2D eigenvalue weighted by Gasteiger charge is 2.34. The van der Waals surface area contributed by atoms with Gasteiger partial charge in [0.25, 0.3) is 5.91 Å². The molecular formula is C23H33N5O2. The highest BCUT2D eigenvalue weighted by Crippen LogP contribution is 2.40. The molecule has 1 aliphatic carbocycles. The first kappa shape index (κ1) is 22.1. The molecule has 162 valence electrons. The summed E-state index contributed by atoms with van der Waals surface area (Å²) in [5.41, 5.74) is 8.78. The number of fused-ring (bicyclic) bond motifs is 1. The van der Waals surface area contributed by atoms with E-state index in [1.807, 2.05) is 6.92 Å². The number of aromatic nitrogens is 2. The fourth-order valence-electron chi connectivity index (χ4n) is 4.14. The number of benzene rings is 1. The minimum Gasteiger partial charge on any atom is -0.381 e. The molecule has 30 heavy (non-hydrogen) atoms. The summed E-state index contributed by atoms with van der Waals surface area (Å²) in [6, 6.07) is 4.80. The van der Waals surface area contributed by atoms with Crippen molar-refractivity contribution in [3.63, 3.8) is 0 Å². The Morgan fingerprint density at radius 2 is 2.13 bits per heavy atom. The first-order valence-electron chi connectivity index (χ1n) is 10.7. The van der Waals surface area contributed by atoms with E-state index in [9.17, 15) is 9.90 Å². The van der Waals surface area contributed by atoms with Gasteiger partial charge in [-0.05, 0) is 54.5 Å². The summed E-state index contributed by atoms with van der Waals surface area (Å²) in [5.74, 6) is 0.383. The van der Waals surface area contributed by atoms with Crippen molar-refractivity contribution in [2.45, 2.75) is 52.7 Å². The second kappa shape index (κ2) is 9.02. The Kier molecular flexibility index (Phi) is 6.63. The van der Waals surface area contributed by atoms with Crippen LogP contribution in [-0.2, 0) is 4.79 Å². The van der Waals surface area contributed by atoms with Crippen molar-refractivity contribution >= 4 is 28.6 Å². The average molecular weight is 412 g/mol. The first-order chi connectivity index (χ1) is 14.3. The number of anilines is 2. The van der Waals surface area contributed by atoms with Crippen molar-refractivity contribution in [3.8, 4) is 0 Å². The van der Waals surface area contributed by atoms with Gasteiger partial charge >= 0.3 is 0 Å². The molecule has 1 heterocycles. The van der Waals surface area contributed by atoms with Crippen LogP contribution in [0, 0.1) is 11.3 Å². The summed E-state index contributed by atoms with van der Waals surface area (Å²) in [5, 5.41) is 16.9. The third-order valence-corrected chi connectivity index (χ3v) is 6.27. The van der Waals surface area contributed by atoms with Crippen LogP contribution in [0.2, 0.25) is 0 Å².